The van der Waals surface area contributed by atoms with Gasteiger partial charge in [-0.15, -0.1) is 0 Å². The van der Waals surface area contributed by atoms with Gasteiger partial charge in [-0.3, -0.25) is 0 Å². The van der Waals surface area contributed by atoms with Gasteiger partial charge in [-0.2, -0.15) is 5.26 Å². The molecule has 0 atom stereocenters. The Morgan fingerprint density at radius 1 is 1.28 bits per heavy atom. The molecule has 2 aromatic carbocycles. The number of ether oxygens (including phenoxy) is 1. The van der Waals surface area contributed by atoms with E-state index in [0.717, 1.165) is 10.0 Å². The molecule has 0 aliphatic rings. The summed E-state index contributed by atoms with van der Waals surface area (Å²) >= 11 is 3.39. The first-order valence-corrected chi connectivity index (χ1v) is 6.13. The molecular formula is C14H11BrN2O. The van der Waals surface area contributed by atoms with Crippen LogP contribution in [0.5, 0.6) is 11.5 Å². The third kappa shape index (κ3) is 2.47. The van der Waals surface area contributed by atoms with Crippen LogP contribution in [-0.4, -0.2) is 0 Å². The number of para-hydroxylation sites is 1. The van der Waals surface area contributed by atoms with E-state index in [2.05, 4.69) is 22.0 Å². The van der Waals surface area contributed by atoms with Crippen molar-refractivity contribution in [1.29, 1.82) is 5.26 Å². The van der Waals surface area contributed by atoms with Crippen molar-refractivity contribution in [3.8, 4) is 17.6 Å². The van der Waals surface area contributed by atoms with Gasteiger partial charge in [-0.25, -0.2) is 0 Å². The first-order chi connectivity index (χ1) is 8.61. The average molecular weight is 303 g/mol. The number of nitriles is 1. The van der Waals surface area contributed by atoms with E-state index in [0.29, 0.717) is 22.7 Å². The minimum Gasteiger partial charge on any atom is -0.454 e. The lowest BCUT2D eigenvalue weighted by Crippen LogP contribution is -1.93. The number of anilines is 1. The molecule has 3 nitrogen and oxygen atoms in total. The highest BCUT2D eigenvalue weighted by atomic mass is 79.9. The monoisotopic (exact) mass is 302 g/mol. The molecule has 0 aliphatic carbocycles. The lowest BCUT2D eigenvalue weighted by atomic mass is 10.1. The Kier molecular flexibility index (Phi) is 3.54. The molecule has 0 heterocycles. The van der Waals surface area contributed by atoms with E-state index in [1.807, 2.05) is 25.1 Å². The number of hydrogen-bond donors (Lipinski definition) is 1. The zero-order chi connectivity index (χ0) is 13.1. The Balaban J connectivity index is 2.35. The van der Waals surface area contributed by atoms with Crippen LogP contribution in [-0.2, 0) is 0 Å². The average Bonchev–Trinajstić information content (AvgIpc) is 2.34. The number of nitrogens with zero attached hydrogens (tertiary/aromatic N) is 1. The van der Waals surface area contributed by atoms with E-state index < -0.39 is 0 Å². The summed E-state index contributed by atoms with van der Waals surface area (Å²) in [6, 6.07) is 12.9. The third-order valence-corrected chi connectivity index (χ3v) is 3.16. The van der Waals surface area contributed by atoms with Gasteiger partial charge in [0.05, 0.1) is 21.8 Å². The molecule has 0 fully saturated rings. The largest absolute Gasteiger partial charge is 0.454 e. The highest BCUT2D eigenvalue weighted by molar-refractivity contribution is 9.10. The lowest BCUT2D eigenvalue weighted by Gasteiger charge is -2.11. The van der Waals surface area contributed by atoms with Crippen LogP contribution in [0.1, 0.15) is 11.1 Å². The molecule has 2 rings (SSSR count). The van der Waals surface area contributed by atoms with Gasteiger partial charge in [0.25, 0.3) is 0 Å². The van der Waals surface area contributed by atoms with Crippen molar-refractivity contribution in [3.63, 3.8) is 0 Å². The van der Waals surface area contributed by atoms with E-state index in [-0.39, 0.29) is 0 Å². The number of benzene rings is 2. The molecular weight excluding hydrogens is 292 g/mol. The number of aryl methyl sites for hydroxylation is 1. The Labute approximate surface area is 114 Å². The fourth-order valence-electron chi connectivity index (χ4n) is 1.58. The van der Waals surface area contributed by atoms with Crippen molar-refractivity contribution < 1.29 is 4.74 Å². The van der Waals surface area contributed by atoms with Crippen LogP contribution in [0.25, 0.3) is 0 Å². The zero-order valence-electron chi connectivity index (χ0n) is 9.77. The Morgan fingerprint density at radius 3 is 2.67 bits per heavy atom. The Hall–Kier alpha value is -1.99. The van der Waals surface area contributed by atoms with E-state index in [4.69, 9.17) is 15.7 Å². The second kappa shape index (κ2) is 5.11. The molecule has 18 heavy (non-hydrogen) atoms. The predicted molar refractivity (Wildman–Crippen MR) is 74.5 cm³/mol. The van der Waals surface area contributed by atoms with Crippen molar-refractivity contribution in [2.75, 3.05) is 5.73 Å². The number of halogens is 1. The van der Waals surface area contributed by atoms with Gasteiger partial charge in [0.15, 0.2) is 5.75 Å². The summed E-state index contributed by atoms with van der Waals surface area (Å²) in [6.07, 6.45) is 0. The molecule has 0 aliphatic heterocycles. The topological polar surface area (TPSA) is 59.0 Å². The van der Waals surface area contributed by atoms with Crippen LogP contribution in [0.15, 0.2) is 40.9 Å². The minimum atomic E-state index is 0.561. The number of rotatable bonds is 2. The molecule has 0 spiro atoms. The maximum absolute atomic E-state index is 8.87. The van der Waals surface area contributed by atoms with Gasteiger partial charge in [0.2, 0.25) is 0 Å². The highest BCUT2D eigenvalue weighted by Gasteiger charge is 2.07. The van der Waals surface area contributed by atoms with Crippen molar-refractivity contribution in [2.45, 2.75) is 6.92 Å². The molecule has 0 unspecified atom stereocenters. The van der Waals surface area contributed by atoms with Gasteiger partial charge in [0, 0.05) is 0 Å². The van der Waals surface area contributed by atoms with Gasteiger partial charge >= 0.3 is 0 Å². The van der Waals surface area contributed by atoms with Crippen molar-refractivity contribution >= 4 is 21.6 Å². The third-order valence-electron chi connectivity index (χ3n) is 2.54. The summed E-state index contributed by atoms with van der Waals surface area (Å²) < 4.78 is 6.53. The molecule has 0 aromatic heterocycles. The molecule has 0 amide bonds. The fraction of sp³-hybridized carbons (Fsp3) is 0.0714. The summed E-state index contributed by atoms with van der Waals surface area (Å²) in [5.74, 6) is 1.24. The predicted octanol–water partition coefficient (Wildman–Crippen LogP) is 4.00. The van der Waals surface area contributed by atoms with Crippen LogP contribution in [0.4, 0.5) is 5.69 Å². The second-order valence-corrected chi connectivity index (χ2v) is 4.70. The maximum Gasteiger partial charge on any atom is 0.164 e. The molecule has 2 aromatic rings. The summed E-state index contributed by atoms with van der Waals surface area (Å²) in [5, 5.41) is 8.87. The van der Waals surface area contributed by atoms with E-state index in [1.165, 1.54) is 0 Å². The standard InChI is InChI=1S/C14H11BrN2O/c1-9-7-11(6-5-10(9)8-16)18-14-12(15)3-2-4-13(14)17/h2-7H,17H2,1H3. The quantitative estimate of drug-likeness (QED) is 0.853. The summed E-state index contributed by atoms with van der Waals surface area (Å²) in [4.78, 5) is 0. The Bertz CT molecular complexity index is 612. The Morgan fingerprint density at radius 2 is 2.06 bits per heavy atom. The van der Waals surface area contributed by atoms with Crippen LogP contribution in [0.3, 0.4) is 0 Å². The minimum absolute atomic E-state index is 0.561. The van der Waals surface area contributed by atoms with Crippen molar-refractivity contribution in [2.24, 2.45) is 0 Å². The van der Waals surface area contributed by atoms with Crippen LogP contribution >= 0.6 is 15.9 Å². The lowest BCUT2D eigenvalue weighted by molar-refractivity contribution is 0.481. The first kappa shape index (κ1) is 12.5. The van der Waals surface area contributed by atoms with E-state index in [9.17, 15) is 0 Å². The highest BCUT2D eigenvalue weighted by Crippen LogP contribution is 2.35. The van der Waals surface area contributed by atoms with Crippen LogP contribution < -0.4 is 10.5 Å². The second-order valence-electron chi connectivity index (χ2n) is 3.85. The molecule has 0 bridgehead atoms. The van der Waals surface area contributed by atoms with Crippen molar-refractivity contribution in [3.05, 3.63) is 52.0 Å². The first-order valence-electron chi connectivity index (χ1n) is 5.34. The zero-order valence-corrected chi connectivity index (χ0v) is 11.4. The molecule has 0 radical (unpaired) electrons. The SMILES string of the molecule is Cc1cc(Oc2c(N)cccc2Br)ccc1C#N. The molecule has 4 heteroatoms. The molecule has 90 valence electrons. The smallest absolute Gasteiger partial charge is 0.164 e. The van der Waals surface area contributed by atoms with Gasteiger partial charge < -0.3 is 10.5 Å². The van der Waals surface area contributed by atoms with Crippen molar-refractivity contribution in [1.82, 2.24) is 0 Å². The molecule has 0 saturated carbocycles. The van der Waals surface area contributed by atoms with Crippen LogP contribution in [0.2, 0.25) is 0 Å². The summed E-state index contributed by atoms with van der Waals surface area (Å²) in [6.45, 7) is 1.87. The van der Waals surface area contributed by atoms with Gasteiger partial charge in [0.1, 0.15) is 5.75 Å². The van der Waals surface area contributed by atoms with Gasteiger partial charge in [-0.1, -0.05) is 6.07 Å². The normalized spacial score (nSPS) is 9.83. The summed E-state index contributed by atoms with van der Waals surface area (Å²) in [7, 11) is 0. The number of hydrogen-bond acceptors (Lipinski definition) is 3. The van der Waals surface area contributed by atoms with E-state index >= 15 is 0 Å². The molecule has 2 N–H and O–H groups in total. The maximum atomic E-state index is 8.87. The number of nitrogen functional groups attached to an aromatic ring is 1. The number of nitrogens with two attached hydrogens (primary N) is 1. The van der Waals surface area contributed by atoms with Crippen LogP contribution in [0, 0.1) is 18.3 Å². The fourth-order valence-corrected chi connectivity index (χ4v) is 2.04. The van der Waals surface area contributed by atoms with Gasteiger partial charge in [-0.05, 0) is 58.7 Å². The van der Waals surface area contributed by atoms with E-state index in [1.54, 1.807) is 18.2 Å². The molecule has 0 saturated heterocycles. The summed E-state index contributed by atoms with van der Waals surface area (Å²) in [5.41, 5.74) is 7.93.